The fraction of sp³-hybridized carbons (Fsp3) is 0.500. The normalized spacial score (nSPS) is 17.3. The number of rotatable bonds is 5. The molecule has 1 atom stereocenters. The van der Waals surface area contributed by atoms with Crippen LogP contribution in [0.25, 0.3) is 0 Å². The second-order valence-electron chi connectivity index (χ2n) is 4.88. The Bertz CT molecular complexity index is 389. The van der Waals surface area contributed by atoms with E-state index in [1.807, 2.05) is 23.0 Å². The minimum Gasteiger partial charge on any atom is -0.480 e. The van der Waals surface area contributed by atoms with Gasteiger partial charge in [-0.2, -0.15) is 9.93 Å². The number of carboxylic acids is 1. The Hall–Kier alpha value is -1.08. The summed E-state index contributed by atoms with van der Waals surface area (Å²) in [6.45, 7) is 5.19. The molecule has 1 heterocycles. The number of amides is 1. The lowest BCUT2D eigenvalue weighted by atomic mass is 10.2. The molecular formula is C12H19NO4S2. The zero-order valence-corrected chi connectivity index (χ0v) is 12.8. The Morgan fingerprint density at radius 3 is 2.42 bits per heavy atom. The van der Waals surface area contributed by atoms with Gasteiger partial charge in [0.2, 0.25) is 0 Å². The Balaban J connectivity index is 2.44. The van der Waals surface area contributed by atoms with Gasteiger partial charge in [-0.05, 0) is 31.6 Å². The molecular weight excluding hydrogens is 286 g/mol. The molecule has 108 valence electrons. The van der Waals surface area contributed by atoms with Crippen molar-refractivity contribution in [2.45, 2.75) is 32.4 Å². The largest absolute Gasteiger partial charge is 0.480 e. The number of carbonyl (C=O) groups excluding carboxylic acids is 1. The van der Waals surface area contributed by atoms with Gasteiger partial charge >= 0.3 is 12.1 Å². The molecule has 0 aromatic carbocycles. The van der Waals surface area contributed by atoms with Crippen LogP contribution in [0.3, 0.4) is 0 Å². The van der Waals surface area contributed by atoms with Crippen molar-refractivity contribution in [3.63, 3.8) is 0 Å². The Morgan fingerprint density at radius 1 is 1.37 bits per heavy atom. The molecule has 1 aliphatic heterocycles. The summed E-state index contributed by atoms with van der Waals surface area (Å²) in [6, 6.07) is -0.940. The van der Waals surface area contributed by atoms with Crippen LogP contribution in [-0.2, 0) is 9.53 Å². The predicted molar refractivity (Wildman–Crippen MR) is 80.5 cm³/mol. The van der Waals surface area contributed by atoms with E-state index in [1.54, 1.807) is 20.8 Å². The number of hydrogen-bond acceptors (Lipinski definition) is 4. The minimum atomic E-state index is -1.06. The van der Waals surface area contributed by atoms with Gasteiger partial charge in [-0.3, -0.25) is 0 Å². The van der Waals surface area contributed by atoms with Crippen LogP contribution in [0.15, 0.2) is 23.0 Å². The number of ether oxygens (including phenoxy) is 1. The smallest absolute Gasteiger partial charge is 0.408 e. The van der Waals surface area contributed by atoms with Gasteiger partial charge in [0.05, 0.1) is 0 Å². The van der Waals surface area contributed by atoms with Crippen LogP contribution < -0.4 is 5.32 Å². The monoisotopic (exact) mass is 305 g/mol. The van der Waals surface area contributed by atoms with Gasteiger partial charge in [0, 0.05) is 5.75 Å². The molecule has 0 bridgehead atoms. The molecule has 7 heteroatoms. The molecule has 1 amide bonds. The molecule has 0 spiro atoms. The quantitative estimate of drug-likeness (QED) is 0.538. The van der Waals surface area contributed by atoms with E-state index in [-0.39, 0.29) is 0 Å². The molecule has 0 radical (unpaired) electrons. The van der Waals surface area contributed by atoms with Gasteiger partial charge < -0.3 is 15.2 Å². The van der Waals surface area contributed by atoms with Gasteiger partial charge in [0.15, 0.2) is 0 Å². The summed E-state index contributed by atoms with van der Waals surface area (Å²) >= 11 is 0. The molecule has 0 unspecified atom stereocenters. The van der Waals surface area contributed by atoms with Crippen LogP contribution in [0.2, 0.25) is 0 Å². The lowest BCUT2D eigenvalue weighted by Crippen LogP contribution is -2.44. The van der Waals surface area contributed by atoms with Crippen LogP contribution in [0.5, 0.6) is 0 Å². The number of alkyl carbamates (subject to hydrolysis) is 1. The van der Waals surface area contributed by atoms with E-state index in [0.717, 1.165) is 0 Å². The summed E-state index contributed by atoms with van der Waals surface area (Å²) in [7, 11) is 1.07. The molecule has 0 fully saturated rings. The number of aliphatic carboxylic acids is 1. The van der Waals surface area contributed by atoms with Gasteiger partial charge in [-0.1, -0.05) is 12.2 Å². The first-order valence-corrected chi connectivity index (χ1v) is 8.83. The Labute approximate surface area is 119 Å². The van der Waals surface area contributed by atoms with Crippen LogP contribution in [0, 0.1) is 0 Å². The van der Waals surface area contributed by atoms with Crippen LogP contribution in [0.1, 0.15) is 20.8 Å². The van der Waals surface area contributed by atoms with Crippen LogP contribution in [0.4, 0.5) is 4.79 Å². The first-order valence-electron chi connectivity index (χ1n) is 5.76. The molecule has 0 saturated heterocycles. The summed E-state index contributed by atoms with van der Waals surface area (Å²) in [5, 5.41) is 15.5. The highest BCUT2D eigenvalue weighted by atomic mass is 33.1. The lowest BCUT2D eigenvalue weighted by Gasteiger charge is -2.22. The number of carbonyl (C=O) groups is 2. The zero-order chi connectivity index (χ0) is 14.5. The first-order chi connectivity index (χ1) is 8.78. The van der Waals surface area contributed by atoms with E-state index in [9.17, 15) is 9.59 Å². The van der Waals surface area contributed by atoms with Gasteiger partial charge in [-0.15, -0.1) is 10.8 Å². The molecule has 5 nitrogen and oxygen atoms in total. The SMILES string of the molecule is CC(C)(C)OC(=O)N[C@@H](CS[SH]1C=CC=C1)C(=O)O. The third kappa shape index (κ3) is 6.58. The van der Waals surface area contributed by atoms with Gasteiger partial charge in [0.25, 0.3) is 0 Å². The standard InChI is InChI=1S/C12H19NO4S2/c1-12(2,3)17-11(16)13-9(10(14)15)8-18-19-6-4-5-7-19/h4-7,9,19H,8H2,1-3H3,(H,13,16)(H,14,15)/t9-/m0/s1. The van der Waals surface area contributed by atoms with Crippen molar-refractivity contribution < 1.29 is 19.4 Å². The van der Waals surface area contributed by atoms with E-state index in [4.69, 9.17) is 9.84 Å². The fourth-order valence-electron chi connectivity index (χ4n) is 1.19. The topological polar surface area (TPSA) is 75.6 Å². The summed E-state index contributed by atoms with van der Waals surface area (Å²) in [5.41, 5.74) is -0.638. The molecule has 1 aliphatic rings. The van der Waals surface area contributed by atoms with Crippen LogP contribution in [-0.4, -0.2) is 34.6 Å². The number of carboxylic acid groups (broad SMARTS) is 1. The Kier molecular flexibility index (Phi) is 5.81. The molecule has 19 heavy (non-hydrogen) atoms. The van der Waals surface area contributed by atoms with E-state index < -0.39 is 33.6 Å². The fourth-order valence-corrected chi connectivity index (χ4v) is 4.45. The molecule has 0 aliphatic carbocycles. The second kappa shape index (κ2) is 6.91. The summed E-state index contributed by atoms with van der Waals surface area (Å²) < 4.78 is 5.04. The number of thiol groups is 1. The zero-order valence-electron chi connectivity index (χ0n) is 11.1. The summed E-state index contributed by atoms with van der Waals surface area (Å²) in [6.07, 6.45) is 3.18. The average Bonchev–Trinajstić information content (AvgIpc) is 2.73. The molecule has 2 N–H and O–H groups in total. The number of allylic oxidation sites excluding steroid dienone is 2. The van der Waals surface area contributed by atoms with Crippen LogP contribution >= 0.6 is 20.7 Å². The van der Waals surface area contributed by atoms with Crippen molar-refractivity contribution in [1.29, 1.82) is 0 Å². The molecule has 0 aromatic rings. The number of nitrogens with one attached hydrogen (secondary N) is 1. The maximum atomic E-state index is 11.5. The molecule has 1 rings (SSSR count). The van der Waals surface area contributed by atoms with Gasteiger partial charge in [0.1, 0.15) is 11.6 Å². The predicted octanol–water partition coefficient (Wildman–Crippen LogP) is 2.65. The van der Waals surface area contributed by atoms with Crippen molar-refractivity contribution in [1.82, 2.24) is 5.32 Å². The lowest BCUT2D eigenvalue weighted by molar-refractivity contribution is -0.138. The van der Waals surface area contributed by atoms with Crippen molar-refractivity contribution in [2.75, 3.05) is 5.75 Å². The van der Waals surface area contributed by atoms with Crippen molar-refractivity contribution in [3.05, 3.63) is 23.0 Å². The maximum Gasteiger partial charge on any atom is 0.408 e. The highest BCUT2D eigenvalue weighted by molar-refractivity contribution is 8.87. The summed E-state index contributed by atoms with van der Waals surface area (Å²) in [5.74, 6) is -0.741. The molecule has 0 aromatic heterocycles. The Morgan fingerprint density at radius 2 is 1.95 bits per heavy atom. The van der Waals surface area contributed by atoms with E-state index >= 15 is 0 Å². The van der Waals surface area contributed by atoms with Crippen molar-refractivity contribution in [3.8, 4) is 0 Å². The molecule has 0 saturated carbocycles. The number of hydrogen-bond donors (Lipinski definition) is 3. The highest BCUT2D eigenvalue weighted by Crippen LogP contribution is 2.45. The van der Waals surface area contributed by atoms with E-state index in [1.165, 1.54) is 10.8 Å². The average molecular weight is 305 g/mol. The van der Waals surface area contributed by atoms with Gasteiger partial charge in [-0.25, -0.2) is 9.59 Å². The van der Waals surface area contributed by atoms with Crippen molar-refractivity contribution >= 4 is 32.8 Å². The first kappa shape index (κ1) is 16.0. The third-order valence-electron chi connectivity index (χ3n) is 1.96. The maximum absolute atomic E-state index is 11.5. The van der Waals surface area contributed by atoms with Crippen molar-refractivity contribution in [2.24, 2.45) is 0 Å². The minimum absolute atomic E-state index is 0.314. The van der Waals surface area contributed by atoms with E-state index in [0.29, 0.717) is 5.75 Å². The summed E-state index contributed by atoms with van der Waals surface area (Å²) in [4.78, 5) is 22.6. The second-order valence-corrected chi connectivity index (χ2v) is 8.82. The highest BCUT2D eigenvalue weighted by Gasteiger charge is 2.24. The third-order valence-corrected chi connectivity index (χ3v) is 5.74. The van der Waals surface area contributed by atoms with E-state index in [2.05, 4.69) is 5.32 Å².